The number of amides is 1. The summed E-state index contributed by atoms with van der Waals surface area (Å²) in [5, 5.41) is 11.8. The molecule has 0 spiro atoms. The van der Waals surface area contributed by atoms with E-state index in [1.807, 2.05) is 24.3 Å². The first-order valence-electron chi connectivity index (χ1n) is 6.16. The summed E-state index contributed by atoms with van der Waals surface area (Å²) >= 11 is 0. The van der Waals surface area contributed by atoms with Crippen LogP contribution in [0.1, 0.15) is 25.3 Å². The Labute approximate surface area is 113 Å². The zero-order chi connectivity index (χ0) is 14.3. The van der Waals surface area contributed by atoms with Crippen molar-refractivity contribution >= 4 is 11.6 Å². The summed E-state index contributed by atoms with van der Waals surface area (Å²) in [5.41, 5.74) is 1.40. The third-order valence-corrected chi connectivity index (χ3v) is 2.72. The van der Waals surface area contributed by atoms with Gasteiger partial charge in [0.05, 0.1) is 12.3 Å². The lowest BCUT2D eigenvalue weighted by atomic mass is 10.1. The second-order valence-electron chi connectivity index (χ2n) is 4.45. The number of carbonyl (C=O) groups is 1. The summed E-state index contributed by atoms with van der Waals surface area (Å²) in [4.78, 5) is 12.9. The minimum absolute atomic E-state index is 0.105. The van der Waals surface area contributed by atoms with E-state index in [0.29, 0.717) is 25.2 Å². The van der Waals surface area contributed by atoms with Crippen molar-refractivity contribution in [3.63, 3.8) is 0 Å². The van der Waals surface area contributed by atoms with E-state index in [1.165, 1.54) is 0 Å². The molecule has 1 rings (SSSR count). The molecule has 0 aliphatic heterocycles. The molecule has 0 saturated carbocycles. The van der Waals surface area contributed by atoms with Crippen molar-refractivity contribution in [2.24, 2.45) is 5.16 Å². The van der Waals surface area contributed by atoms with Gasteiger partial charge >= 0.3 is 0 Å². The minimum atomic E-state index is 0.105. The van der Waals surface area contributed by atoms with Crippen molar-refractivity contribution < 1.29 is 14.7 Å². The van der Waals surface area contributed by atoms with Crippen LogP contribution in [0.25, 0.3) is 0 Å². The molecule has 0 fully saturated rings. The summed E-state index contributed by atoms with van der Waals surface area (Å²) in [6.07, 6.45) is 1.18. The zero-order valence-corrected chi connectivity index (χ0v) is 11.6. The van der Waals surface area contributed by atoms with Crippen LogP contribution in [-0.2, 0) is 4.79 Å². The van der Waals surface area contributed by atoms with Crippen LogP contribution in [0, 0.1) is 0 Å². The van der Waals surface area contributed by atoms with Gasteiger partial charge in [0, 0.05) is 20.5 Å². The Morgan fingerprint density at radius 2 is 1.95 bits per heavy atom. The van der Waals surface area contributed by atoms with E-state index in [1.54, 1.807) is 25.9 Å². The summed E-state index contributed by atoms with van der Waals surface area (Å²) in [5.74, 6) is 0.848. The molecule has 1 N–H and O–H groups in total. The van der Waals surface area contributed by atoms with Crippen LogP contribution >= 0.6 is 0 Å². The Hall–Kier alpha value is -2.04. The van der Waals surface area contributed by atoms with Gasteiger partial charge in [-0.15, -0.1) is 0 Å². The largest absolute Gasteiger partial charge is 0.494 e. The van der Waals surface area contributed by atoms with Gasteiger partial charge in [0.15, 0.2) is 0 Å². The molecule has 0 heterocycles. The Morgan fingerprint density at radius 3 is 2.47 bits per heavy atom. The Balaban J connectivity index is 2.36. The van der Waals surface area contributed by atoms with Crippen molar-refractivity contribution in [3.8, 4) is 5.75 Å². The lowest BCUT2D eigenvalue weighted by molar-refractivity contribution is -0.128. The van der Waals surface area contributed by atoms with Gasteiger partial charge in [0.1, 0.15) is 5.75 Å². The van der Waals surface area contributed by atoms with Crippen molar-refractivity contribution in [3.05, 3.63) is 29.8 Å². The summed E-state index contributed by atoms with van der Waals surface area (Å²) in [6.45, 7) is 2.23. The maximum Gasteiger partial charge on any atom is 0.222 e. The first kappa shape index (κ1) is 15.0. The fourth-order valence-electron chi connectivity index (χ4n) is 1.49. The van der Waals surface area contributed by atoms with Gasteiger partial charge in [0.2, 0.25) is 5.91 Å². The van der Waals surface area contributed by atoms with Gasteiger partial charge in [-0.25, -0.2) is 0 Å². The molecule has 5 heteroatoms. The van der Waals surface area contributed by atoms with Gasteiger partial charge in [-0.1, -0.05) is 5.16 Å². The highest BCUT2D eigenvalue weighted by Crippen LogP contribution is 2.13. The fourth-order valence-corrected chi connectivity index (χ4v) is 1.49. The standard InChI is InChI=1S/C14H20N2O3/c1-11(15-18)12-6-8-13(9-7-12)19-10-4-5-14(17)16(2)3/h6-9,18H,4-5,10H2,1-3H3. The third kappa shape index (κ3) is 4.99. The van der Waals surface area contributed by atoms with Gasteiger partial charge < -0.3 is 14.8 Å². The first-order valence-corrected chi connectivity index (χ1v) is 6.16. The molecular weight excluding hydrogens is 244 g/mol. The minimum Gasteiger partial charge on any atom is -0.494 e. The molecule has 0 bridgehead atoms. The normalized spacial score (nSPS) is 11.2. The van der Waals surface area contributed by atoms with Crippen LogP contribution < -0.4 is 4.74 Å². The van der Waals surface area contributed by atoms with Crippen LogP contribution in [0.15, 0.2) is 29.4 Å². The van der Waals surface area contributed by atoms with Crippen molar-refractivity contribution in [1.29, 1.82) is 0 Å². The van der Waals surface area contributed by atoms with Crippen LogP contribution in [-0.4, -0.2) is 42.4 Å². The molecule has 1 aromatic carbocycles. The molecular formula is C14H20N2O3. The Morgan fingerprint density at radius 1 is 1.32 bits per heavy atom. The number of ether oxygens (including phenoxy) is 1. The molecule has 0 radical (unpaired) electrons. The van der Waals surface area contributed by atoms with Crippen LogP contribution in [0.5, 0.6) is 5.75 Å². The number of carbonyl (C=O) groups excluding carboxylic acids is 1. The number of hydrogen-bond acceptors (Lipinski definition) is 4. The molecule has 104 valence electrons. The Kier molecular flexibility index (Phi) is 5.85. The highest BCUT2D eigenvalue weighted by molar-refractivity contribution is 5.98. The van der Waals surface area contributed by atoms with E-state index in [2.05, 4.69) is 5.16 Å². The van der Waals surface area contributed by atoms with E-state index in [4.69, 9.17) is 9.94 Å². The second kappa shape index (κ2) is 7.41. The zero-order valence-electron chi connectivity index (χ0n) is 11.6. The quantitative estimate of drug-likeness (QED) is 0.370. The topological polar surface area (TPSA) is 62.1 Å². The molecule has 19 heavy (non-hydrogen) atoms. The van der Waals surface area contributed by atoms with E-state index >= 15 is 0 Å². The summed E-state index contributed by atoms with van der Waals surface area (Å²) in [7, 11) is 3.49. The molecule has 1 aromatic rings. The lowest BCUT2D eigenvalue weighted by Gasteiger charge is -2.10. The maximum atomic E-state index is 11.3. The molecule has 0 unspecified atom stereocenters. The number of oxime groups is 1. The highest BCUT2D eigenvalue weighted by Gasteiger charge is 2.03. The second-order valence-corrected chi connectivity index (χ2v) is 4.45. The predicted octanol–water partition coefficient (Wildman–Crippen LogP) is 2.13. The van der Waals surface area contributed by atoms with Gasteiger partial charge in [-0.3, -0.25) is 4.79 Å². The molecule has 0 saturated heterocycles. The lowest BCUT2D eigenvalue weighted by Crippen LogP contribution is -2.21. The van der Waals surface area contributed by atoms with E-state index in [-0.39, 0.29) is 5.91 Å². The summed E-state index contributed by atoms with van der Waals surface area (Å²) < 4.78 is 5.53. The highest BCUT2D eigenvalue weighted by atomic mass is 16.5. The van der Waals surface area contributed by atoms with Gasteiger partial charge in [-0.05, 0) is 43.2 Å². The maximum absolute atomic E-state index is 11.3. The monoisotopic (exact) mass is 264 g/mol. The average Bonchev–Trinajstić information content (AvgIpc) is 2.43. The molecule has 0 aliphatic carbocycles. The van der Waals surface area contributed by atoms with Crippen LogP contribution in [0.4, 0.5) is 0 Å². The number of rotatable bonds is 6. The number of benzene rings is 1. The van der Waals surface area contributed by atoms with Crippen molar-refractivity contribution in [2.45, 2.75) is 19.8 Å². The first-order chi connectivity index (χ1) is 9.04. The number of nitrogens with zero attached hydrogens (tertiary/aromatic N) is 2. The molecule has 5 nitrogen and oxygen atoms in total. The van der Waals surface area contributed by atoms with Gasteiger partial charge in [0.25, 0.3) is 0 Å². The van der Waals surface area contributed by atoms with Crippen LogP contribution in [0.3, 0.4) is 0 Å². The van der Waals surface area contributed by atoms with E-state index in [9.17, 15) is 4.79 Å². The molecule has 0 aliphatic rings. The Bertz CT molecular complexity index is 439. The molecule has 0 aromatic heterocycles. The van der Waals surface area contributed by atoms with Crippen LogP contribution in [0.2, 0.25) is 0 Å². The van der Waals surface area contributed by atoms with E-state index in [0.717, 1.165) is 11.3 Å². The SMILES string of the molecule is CC(=NO)c1ccc(OCCCC(=O)N(C)C)cc1. The summed E-state index contributed by atoms with van der Waals surface area (Å²) in [6, 6.07) is 7.29. The predicted molar refractivity (Wildman–Crippen MR) is 73.9 cm³/mol. The molecule has 1 amide bonds. The van der Waals surface area contributed by atoms with E-state index < -0.39 is 0 Å². The number of hydrogen-bond donors (Lipinski definition) is 1. The molecule has 0 atom stereocenters. The average molecular weight is 264 g/mol. The van der Waals surface area contributed by atoms with Crippen molar-refractivity contribution in [2.75, 3.05) is 20.7 Å². The van der Waals surface area contributed by atoms with Crippen molar-refractivity contribution in [1.82, 2.24) is 4.90 Å². The fraction of sp³-hybridized carbons (Fsp3) is 0.429. The third-order valence-electron chi connectivity index (χ3n) is 2.72. The smallest absolute Gasteiger partial charge is 0.222 e. The van der Waals surface area contributed by atoms with Gasteiger partial charge in [-0.2, -0.15) is 0 Å².